The van der Waals surface area contributed by atoms with Crippen LogP contribution in [0.5, 0.6) is 0 Å². The molecule has 5 heteroatoms. The molecule has 1 fully saturated rings. The van der Waals surface area contributed by atoms with Gasteiger partial charge in [-0.05, 0) is 26.2 Å². The zero-order valence-corrected chi connectivity index (χ0v) is 8.80. The van der Waals surface area contributed by atoms with Crippen LogP contribution in [0.25, 0.3) is 0 Å². The van der Waals surface area contributed by atoms with Crippen LogP contribution in [0.3, 0.4) is 0 Å². The summed E-state index contributed by atoms with van der Waals surface area (Å²) in [7, 11) is 1.00. The molecule has 0 amide bonds. The Hall–Kier alpha value is -0.200. The van der Waals surface area contributed by atoms with Crippen molar-refractivity contribution in [1.82, 2.24) is 0 Å². The zero-order chi connectivity index (χ0) is 11.6. The fourth-order valence-corrected chi connectivity index (χ4v) is 0.921. The second kappa shape index (κ2) is 10.9. The highest BCUT2D eigenvalue weighted by Crippen LogP contribution is 2.17. The van der Waals surface area contributed by atoms with Crippen molar-refractivity contribution in [2.75, 3.05) is 13.7 Å². The van der Waals surface area contributed by atoms with E-state index in [1.54, 1.807) is 0 Å². The first-order valence-corrected chi connectivity index (χ1v) is 4.67. The molecule has 0 aromatic rings. The van der Waals surface area contributed by atoms with Gasteiger partial charge in [0.15, 0.2) is 0 Å². The van der Waals surface area contributed by atoms with Crippen LogP contribution in [0.2, 0.25) is 0 Å². The van der Waals surface area contributed by atoms with Gasteiger partial charge in [0.1, 0.15) is 0 Å². The standard InChI is InChI=1S/C5H10O2.C3H8O2.CH4O/c6-4-2-1-3-5(4)7;1-3(5)2-4;1-2/h4-7H,1-3H2;3-5H,2H2,1H3;2H,1H3. The van der Waals surface area contributed by atoms with Gasteiger partial charge in [0.25, 0.3) is 0 Å². The summed E-state index contributed by atoms with van der Waals surface area (Å²) < 4.78 is 0. The van der Waals surface area contributed by atoms with Gasteiger partial charge in [-0.2, -0.15) is 0 Å². The highest BCUT2D eigenvalue weighted by Gasteiger charge is 2.21. The third-order valence-electron chi connectivity index (χ3n) is 1.71. The first kappa shape index (κ1) is 16.2. The van der Waals surface area contributed by atoms with Gasteiger partial charge in [-0.3, -0.25) is 0 Å². The molecule has 1 rings (SSSR count). The minimum absolute atomic E-state index is 0.139. The molecule has 5 nitrogen and oxygen atoms in total. The van der Waals surface area contributed by atoms with E-state index in [2.05, 4.69) is 0 Å². The molecule has 1 saturated carbocycles. The van der Waals surface area contributed by atoms with Gasteiger partial charge in [-0.15, -0.1) is 0 Å². The van der Waals surface area contributed by atoms with E-state index in [0.717, 1.165) is 26.4 Å². The smallest absolute Gasteiger partial charge is 0.0799 e. The van der Waals surface area contributed by atoms with Crippen LogP contribution in [-0.2, 0) is 0 Å². The second-order valence-corrected chi connectivity index (χ2v) is 3.10. The number of aliphatic hydroxyl groups is 5. The number of hydrogen-bond donors (Lipinski definition) is 5. The fraction of sp³-hybridized carbons (Fsp3) is 1.00. The van der Waals surface area contributed by atoms with Crippen molar-refractivity contribution in [1.29, 1.82) is 0 Å². The van der Waals surface area contributed by atoms with E-state index >= 15 is 0 Å². The minimum Gasteiger partial charge on any atom is -0.400 e. The normalized spacial score (nSPS) is 26.8. The van der Waals surface area contributed by atoms with Crippen molar-refractivity contribution in [3.63, 3.8) is 0 Å². The van der Waals surface area contributed by atoms with Gasteiger partial charge < -0.3 is 25.5 Å². The molecule has 3 unspecified atom stereocenters. The van der Waals surface area contributed by atoms with Crippen molar-refractivity contribution < 1.29 is 25.5 Å². The molecule has 14 heavy (non-hydrogen) atoms. The topological polar surface area (TPSA) is 101 Å². The van der Waals surface area contributed by atoms with Crippen molar-refractivity contribution in [2.24, 2.45) is 0 Å². The highest BCUT2D eigenvalue weighted by atomic mass is 16.3. The first-order chi connectivity index (χ1) is 6.57. The minimum atomic E-state index is -0.560. The van der Waals surface area contributed by atoms with Gasteiger partial charge in [-0.1, -0.05) is 0 Å². The van der Waals surface area contributed by atoms with Gasteiger partial charge in [0.2, 0.25) is 0 Å². The Labute approximate surface area is 84.6 Å². The lowest BCUT2D eigenvalue weighted by Crippen LogP contribution is -2.17. The second-order valence-electron chi connectivity index (χ2n) is 3.10. The Kier molecular flexibility index (Phi) is 12.6. The van der Waals surface area contributed by atoms with E-state index in [9.17, 15) is 0 Å². The van der Waals surface area contributed by atoms with Crippen molar-refractivity contribution >= 4 is 0 Å². The lowest BCUT2D eigenvalue weighted by atomic mass is 10.3. The molecule has 5 N–H and O–H groups in total. The molecule has 1 aliphatic rings. The molecule has 88 valence electrons. The summed E-state index contributed by atoms with van der Waals surface area (Å²) in [5, 5.41) is 40.5. The quantitative estimate of drug-likeness (QED) is 0.376. The fourth-order valence-electron chi connectivity index (χ4n) is 0.921. The molecule has 0 aromatic carbocycles. The van der Waals surface area contributed by atoms with E-state index in [0.29, 0.717) is 0 Å². The SMILES string of the molecule is CC(O)CO.CO.OC1CCCC1O. The average molecular weight is 210 g/mol. The monoisotopic (exact) mass is 210 g/mol. The molecular weight excluding hydrogens is 188 g/mol. The summed E-state index contributed by atoms with van der Waals surface area (Å²) in [4.78, 5) is 0. The molecule has 1 aliphatic carbocycles. The Balaban J connectivity index is 0. The maximum Gasteiger partial charge on any atom is 0.0799 e. The maximum absolute atomic E-state index is 8.75. The third kappa shape index (κ3) is 9.88. The Morgan fingerprint density at radius 1 is 1.14 bits per heavy atom. The van der Waals surface area contributed by atoms with E-state index < -0.39 is 18.3 Å². The molecule has 3 atom stereocenters. The van der Waals surface area contributed by atoms with Gasteiger partial charge in [0, 0.05) is 7.11 Å². The largest absolute Gasteiger partial charge is 0.400 e. The number of hydrogen-bond acceptors (Lipinski definition) is 5. The lowest BCUT2D eigenvalue weighted by Gasteiger charge is -2.03. The van der Waals surface area contributed by atoms with Crippen LogP contribution in [0.1, 0.15) is 26.2 Å². The first-order valence-electron chi connectivity index (χ1n) is 4.67. The van der Waals surface area contributed by atoms with Crippen LogP contribution in [0, 0.1) is 0 Å². The Bertz CT molecular complexity index is 99.4. The summed E-state index contributed by atoms with van der Waals surface area (Å²) in [5.41, 5.74) is 0. The molecule has 0 aromatic heterocycles. The molecule has 0 aliphatic heterocycles. The van der Waals surface area contributed by atoms with Crippen molar-refractivity contribution in [3.8, 4) is 0 Å². The summed E-state index contributed by atoms with van der Waals surface area (Å²) in [5.74, 6) is 0. The van der Waals surface area contributed by atoms with E-state index in [-0.39, 0.29) is 6.61 Å². The van der Waals surface area contributed by atoms with E-state index in [1.165, 1.54) is 6.92 Å². The van der Waals surface area contributed by atoms with E-state index in [1.807, 2.05) is 0 Å². The number of aliphatic hydroxyl groups excluding tert-OH is 5. The molecule has 0 heterocycles. The molecule has 0 spiro atoms. The summed E-state index contributed by atoms with van der Waals surface area (Å²) >= 11 is 0. The van der Waals surface area contributed by atoms with Crippen LogP contribution >= 0.6 is 0 Å². The number of rotatable bonds is 1. The highest BCUT2D eigenvalue weighted by molar-refractivity contribution is 4.74. The van der Waals surface area contributed by atoms with Gasteiger partial charge in [0.05, 0.1) is 24.9 Å². The molecule has 0 radical (unpaired) electrons. The average Bonchev–Trinajstić information content (AvgIpc) is 2.55. The van der Waals surface area contributed by atoms with Crippen LogP contribution in [0.15, 0.2) is 0 Å². The summed E-state index contributed by atoms with van der Waals surface area (Å²) in [6.45, 7) is 1.39. The summed E-state index contributed by atoms with van der Waals surface area (Å²) in [6, 6.07) is 0. The molecule has 0 bridgehead atoms. The van der Waals surface area contributed by atoms with Gasteiger partial charge >= 0.3 is 0 Å². The Morgan fingerprint density at radius 2 is 1.43 bits per heavy atom. The van der Waals surface area contributed by atoms with E-state index in [4.69, 9.17) is 25.5 Å². The third-order valence-corrected chi connectivity index (χ3v) is 1.71. The maximum atomic E-state index is 8.75. The van der Waals surface area contributed by atoms with Crippen LogP contribution < -0.4 is 0 Å². The summed E-state index contributed by atoms with van der Waals surface area (Å²) in [6.07, 6.45) is 1.11. The Morgan fingerprint density at radius 3 is 1.50 bits per heavy atom. The van der Waals surface area contributed by atoms with Gasteiger partial charge in [-0.25, -0.2) is 0 Å². The van der Waals surface area contributed by atoms with Crippen molar-refractivity contribution in [2.45, 2.75) is 44.5 Å². The predicted octanol–water partition coefficient (Wildman–Crippen LogP) is -1.14. The molecule has 0 saturated heterocycles. The lowest BCUT2D eigenvalue weighted by molar-refractivity contribution is 0.0438. The van der Waals surface area contributed by atoms with Crippen molar-refractivity contribution in [3.05, 3.63) is 0 Å². The van der Waals surface area contributed by atoms with Crippen LogP contribution in [-0.4, -0.2) is 57.6 Å². The van der Waals surface area contributed by atoms with Crippen LogP contribution in [0.4, 0.5) is 0 Å². The molecular formula is C9H22O5. The zero-order valence-electron chi connectivity index (χ0n) is 8.80. The predicted molar refractivity (Wildman–Crippen MR) is 52.8 cm³/mol.